The molecular weight excluding hydrogens is 258 g/mol. The quantitative estimate of drug-likeness (QED) is 0.729. The molecule has 0 bridgehead atoms. The molecule has 0 aliphatic carbocycles. The minimum atomic E-state index is -0.313. The highest BCUT2D eigenvalue weighted by molar-refractivity contribution is 5.89. The van der Waals surface area contributed by atoms with Crippen LogP contribution in [0.4, 0.5) is 10.5 Å². The summed E-state index contributed by atoms with van der Waals surface area (Å²) in [5.74, 6) is -0.313. The molecule has 7 nitrogen and oxygen atoms in total. The Bertz CT molecular complexity index is 457. The van der Waals surface area contributed by atoms with E-state index in [2.05, 4.69) is 15.6 Å². The molecule has 0 radical (unpaired) electrons. The fourth-order valence-corrected chi connectivity index (χ4v) is 2.24. The molecule has 1 aromatic heterocycles. The second-order valence-electron chi connectivity index (χ2n) is 4.85. The van der Waals surface area contributed by atoms with Gasteiger partial charge in [0.05, 0.1) is 6.54 Å². The Hall–Kier alpha value is -2.15. The first-order chi connectivity index (χ1) is 9.63. The third-order valence-corrected chi connectivity index (χ3v) is 3.24. The number of aromatic nitrogens is 1. The summed E-state index contributed by atoms with van der Waals surface area (Å²) in [6.07, 6.45) is 4.88. The van der Waals surface area contributed by atoms with Crippen LogP contribution in [0.25, 0.3) is 0 Å². The summed E-state index contributed by atoms with van der Waals surface area (Å²) in [5.41, 5.74) is 5.87. The number of primary amides is 1. The second-order valence-corrected chi connectivity index (χ2v) is 4.85. The number of amides is 3. The molecule has 1 saturated heterocycles. The topological polar surface area (TPSA) is 100 Å². The van der Waals surface area contributed by atoms with Crippen LogP contribution in [-0.4, -0.2) is 47.5 Å². The Kier molecular flexibility index (Phi) is 4.89. The first kappa shape index (κ1) is 14.3. The third kappa shape index (κ3) is 4.51. The maximum atomic E-state index is 11.8. The Morgan fingerprint density at radius 2 is 1.95 bits per heavy atom. The highest BCUT2D eigenvalue weighted by atomic mass is 16.2. The molecule has 4 N–H and O–H groups in total. The average Bonchev–Trinajstić information content (AvgIpc) is 2.41. The molecule has 3 amide bonds. The van der Waals surface area contributed by atoms with Gasteiger partial charge >= 0.3 is 6.03 Å². The number of nitrogens with two attached hydrogens (primary N) is 1. The maximum Gasteiger partial charge on any atom is 0.319 e. The van der Waals surface area contributed by atoms with Gasteiger partial charge in [0.2, 0.25) is 5.91 Å². The Labute approximate surface area is 117 Å². The molecule has 1 aliphatic heterocycles. The normalized spacial score (nSPS) is 16.6. The zero-order valence-electron chi connectivity index (χ0n) is 11.2. The molecule has 0 atom stereocenters. The van der Waals surface area contributed by atoms with Crippen molar-refractivity contribution in [3.8, 4) is 0 Å². The van der Waals surface area contributed by atoms with Crippen molar-refractivity contribution in [1.82, 2.24) is 15.2 Å². The molecule has 108 valence electrons. The van der Waals surface area contributed by atoms with Crippen LogP contribution >= 0.6 is 0 Å². The predicted octanol–water partition coefficient (Wildman–Crippen LogP) is 0.153. The first-order valence-electron chi connectivity index (χ1n) is 6.61. The van der Waals surface area contributed by atoms with E-state index in [1.54, 1.807) is 24.5 Å². The molecule has 1 fully saturated rings. The van der Waals surface area contributed by atoms with Gasteiger partial charge in [-0.1, -0.05) is 0 Å². The van der Waals surface area contributed by atoms with Gasteiger partial charge in [0, 0.05) is 37.2 Å². The van der Waals surface area contributed by atoms with Crippen molar-refractivity contribution in [2.75, 3.05) is 25.0 Å². The average molecular weight is 277 g/mol. The summed E-state index contributed by atoms with van der Waals surface area (Å²) in [5, 5.41) is 5.68. The highest BCUT2D eigenvalue weighted by Gasteiger charge is 2.21. The standard InChI is InChI=1S/C13H19N5O2/c14-12(19)9-18-7-3-11(4-8-18)17-13(20)16-10-1-5-15-6-2-10/h1-2,5-6,11H,3-4,7-9H2,(H2,14,19)(H2,15,16,17,20). The number of likely N-dealkylation sites (tertiary alicyclic amines) is 1. The molecular formula is C13H19N5O2. The molecule has 0 aromatic carbocycles. The van der Waals surface area contributed by atoms with Crippen LogP contribution in [0.1, 0.15) is 12.8 Å². The fraction of sp³-hybridized carbons (Fsp3) is 0.462. The second kappa shape index (κ2) is 6.85. The van der Waals surface area contributed by atoms with E-state index < -0.39 is 0 Å². The zero-order chi connectivity index (χ0) is 14.4. The molecule has 7 heteroatoms. The summed E-state index contributed by atoms with van der Waals surface area (Å²) >= 11 is 0. The first-order valence-corrected chi connectivity index (χ1v) is 6.61. The molecule has 0 saturated carbocycles. The molecule has 1 aliphatic rings. The van der Waals surface area contributed by atoms with Gasteiger partial charge in [-0.05, 0) is 25.0 Å². The van der Waals surface area contributed by atoms with Crippen molar-refractivity contribution in [3.05, 3.63) is 24.5 Å². The van der Waals surface area contributed by atoms with E-state index in [1.807, 2.05) is 4.90 Å². The van der Waals surface area contributed by atoms with Gasteiger partial charge in [0.1, 0.15) is 0 Å². The monoisotopic (exact) mass is 277 g/mol. The van der Waals surface area contributed by atoms with Crippen LogP contribution in [0, 0.1) is 0 Å². The van der Waals surface area contributed by atoms with Crippen molar-refractivity contribution in [3.63, 3.8) is 0 Å². The number of carbonyl (C=O) groups excluding carboxylic acids is 2. The molecule has 2 heterocycles. The summed E-state index contributed by atoms with van der Waals surface area (Å²) in [4.78, 5) is 28.5. The largest absolute Gasteiger partial charge is 0.369 e. The van der Waals surface area contributed by atoms with E-state index in [4.69, 9.17) is 5.73 Å². The number of nitrogens with one attached hydrogen (secondary N) is 2. The number of piperidine rings is 1. The van der Waals surface area contributed by atoms with Crippen LogP contribution in [0.5, 0.6) is 0 Å². The van der Waals surface area contributed by atoms with E-state index in [0.29, 0.717) is 5.69 Å². The van der Waals surface area contributed by atoms with Crippen LogP contribution in [0.3, 0.4) is 0 Å². The van der Waals surface area contributed by atoms with Gasteiger partial charge in [-0.2, -0.15) is 0 Å². The van der Waals surface area contributed by atoms with Crippen molar-refractivity contribution in [1.29, 1.82) is 0 Å². The van der Waals surface area contributed by atoms with Gasteiger partial charge in [-0.25, -0.2) is 4.79 Å². The van der Waals surface area contributed by atoms with Crippen molar-refractivity contribution >= 4 is 17.6 Å². The smallest absolute Gasteiger partial charge is 0.319 e. The Balaban J connectivity index is 1.72. The molecule has 1 aromatic rings. The summed E-state index contributed by atoms with van der Waals surface area (Å²) < 4.78 is 0. The lowest BCUT2D eigenvalue weighted by Crippen LogP contribution is -2.47. The van der Waals surface area contributed by atoms with E-state index >= 15 is 0 Å². The van der Waals surface area contributed by atoms with E-state index in [0.717, 1.165) is 25.9 Å². The Morgan fingerprint density at radius 1 is 1.30 bits per heavy atom. The van der Waals surface area contributed by atoms with Gasteiger partial charge in [-0.15, -0.1) is 0 Å². The Morgan fingerprint density at radius 3 is 2.55 bits per heavy atom. The minimum absolute atomic E-state index is 0.126. The highest BCUT2D eigenvalue weighted by Crippen LogP contribution is 2.10. The lowest BCUT2D eigenvalue weighted by molar-refractivity contribution is -0.119. The summed E-state index contributed by atoms with van der Waals surface area (Å²) in [6, 6.07) is 3.37. The SMILES string of the molecule is NC(=O)CN1CCC(NC(=O)Nc2ccncc2)CC1. The van der Waals surface area contributed by atoms with E-state index in [-0.39, 0.29) is 24.5 Å². The number of nitrogens with zero attached hydrogens (tertiary/aromatic N) is 2. The minimum Gasteiger partial charge on any atom is -0.369 e. The molecule has 0 unspecified atom stereocenters. The lowest BCUT2D eigenvalue weighted by atomic mass is 10.1. The van der Waals surface area contributed by atoms with Crippen LogP contribution in [-0.2, 0) is 4.79 Å². The van der Waals surface area contributed by atoms with Crippen molar-refractivity contribution in [2.24, 2.45) is 5.73 Å². The van der Waals surface area contributed by atoms with Crippen LogP contribution in [0.2, 0.25) is 0 Å². The van der Waals surface area contributed by atoms with Crippen molar-refractivity contribution < 1.29 is 9.59 Å². The number of hydrogen-bond donors (Lipinski definition) is 3. The number of urea groups is 1. The molecule has 0 spiro atoms. The molecule has 20 heavy (non-hydrogen) atoms. The van der Waals surface area contributed by atoms with Gasteiger partial charge in [0.15, 0.2) is 0 Å². The predicted molar refractivity (Wildman–Crippen MR) is 75.0 cm³/mol. The van der Waals surface area contributed by atoms with Crippen LogP contribution in [0.15, 0.2) is 24.5 Å². The molecule has 2 rings (SSSR count). The fourth-order valence-electron chi connectivity index (χ4n) is 2.24. The lowest BCUT2D eigenvalue weighted by Gasteiger charge is -2.31. The van der Waals surface area contributed by atoms with E-state index in [1.165, 1.54) is 0 Å². The van der Waals surface area contributed by atoms with Crippen molar-refractivity contribution in [2.45, 2.75) is 18.9 Å². The number of carbonyl (C=O) groups is 2. The zero-order valence-corrected chi connectivity index (χ0v) is 11.2. The summed E-state index contributed by atoms with van der Waals surface area (Å²) in [7, 11) is 0. The number of hydrogen-bond acceptors (Lipinski definition) is 4. The van der Waals surface area contributed by atoms with E-state index in [9.17, 15) is 9.59 Å². The van der Waals surface area contributed by atoms with Crippen LogP contribution < -0.4 is 16.4 Å². The number of rotatable bonds is 4. The van der Waals surface area contributed by atoms with Gasteiger partial charge < -0.3 is 16.4 Å². The third-order valence-electron chi connectivity index (χ3n) is 3.24. The maximum absolute atomic E-state index is 11.8. The van der Waals surface area contributed by atoms with Gasteiger partial charge in [0.25, 0.3) is 0 Å². The van der Waals surface area contributed by atoms with Gasteiger partial charge in [-0.3, -0.25) is 14.7 Å². The summed E-state index contributed by atoms with van der Waals surface area (Å²) in [6.45, 7) is 1.82. The number of pyridine rings is 1. The number of anilines is 1.